The number of nitriles is 1. The minimum absolute atomic E-state index is 0.00344. The van der Waals surface area contributed by atoms with E-state index in [-0.39, 0.29) is 24.1 Å². The lowest BCUT2D eigenvalue weighted by Gasteiger charge is -2.32. The van der Waals surface area contributed by atoms with Crippen molar-refractivity contribution in [1.29, 1.82) is 5.26 Å². The second-order valence-corrected chi connectivity index (χ2v) is 9.87. The van der Waals surface area contributed by atoms with Crippen molar-refractivity contribution >= 4 is 28.5 Å². The van der Waals surface area contributed by atoms with Gasteiger partial charge in [0, 0.05) is 17.3 Å². The van der Waals surface area contributed by atoms with Gasteiger partial charge in [-0.3, -0.25) is 14.4 Å². The molecule has 3 amide bonds. The summed E-state index contributed by atoms with van der Waals surface area (Å²) in [6, 6.07) is 5.56. The zero-order valence-corrected chi connectivity index (χ0v) is 20.3. The molecule has 2 N–H and O–H groups in total. The number of nitrogens with one attached hydrogen (secondary N) is 2. The molecule has 196 valence electrons. The third-order valence-corrected chi connectivity index (χ3v) is 7.21. The SMILES string of the molecule is CC(C)C(NC(=O)C(F)(F)F)C(=O)N1C[C@@H]2CCC[C@@H]2[C@H]1C(=O)NC(C#N)c1nncc2ccccc12. The van der Waals surface area contributed by atoms with Crippen LogP contribution in [0.3, 0.4) is 0 Å². The average Bonchev–Trinajstić information content (AvgIpc) is 3.45. The predicted molar refractivity (Wildman–Crippen MR) is 125 cm³/mol. The molecule has 1 aliphatic heterocycles. The van der Waals surface area contributed by atoms with Crippen LogP contribution in [0, 0.1) is 29.1 Å². The highest BCUT2D eigenvalue weighted by Crippen LogP contribution is 2.43. The number of alkyl halides is 3. The highest BCUT2D eigenvalue weighted by atomic mass is 19.4. The molecule has 2 aliphatic rings. The Morgan fingerprint density at radius 3 is 2.57 bits per heavy atom. The van der Waals surface area contributed by atoms with Crippen molar-refractivity contribution in [2.75, 3.05) is 6.54 Å². The van der Waals surface area contributed by atoms with Crippen LogP contribution < -0.4 is 10.6 Å². The zero-order valence-electron chi connectivity index (χ0n) is 20.3. The van der Waals surface area contributed by atoms with E-state index in [1.165, 1.54) is 24.9 Å². The molecular formula is C25H27F3N6O3. The Morgan fingerprint density at radius 2 is 1.89 bits per heavy atom. The van der Waals surface area contributed by atoms with Gasteiger partial charge in [0.1, 0.15) is 17.8 Å². The van der Waals surface area contributed by atoms with E-state index in [1.807, 2.05) is 6.07 Å². The summed E-state index contributed by atoms with van der Waals surface area (Å²) in [4.78, 5) is 40.0. The Morgan fingerprint density at radius 1 is 1.16 bits per heavy atom. The van der Waals surface area contributed by atoms with Gasteiger partial charge in [0.15, 0.2) is 6.04 Å². The Balaban J connectivity index is 1.61. The van der Waals surface area contributed by atoms with Gasteiger partial charge in [-0.1, -0.05) is 44.5 Å². The number of likely N-dealkylation sites (tertiary alicyclic amines) is 1. The smallest absolute Gasteiger partial charge is 0.336 e. The number of hydrogen-bond acceptors (Lipinski definition) is 6. The molecule has 1 saturated heterocycles. The van der Waals surface area contributed by atoms with Crippen molar-refractivity contribution < 1.29 is 27.6 Å². The Kier molecular flexibility index (Phi) is 7.34. The van der Waals surface area contributed by atoms with Crippen LogP contribution in [0.4, 0.5) is 13.2 Å². The number of aromatic nitrogens is 2. The number of amides is 3. The van der Waals surface area contributed by atoms with Crippen LogP contribution in [-0.2, 0) is 14.4 Å². The van der Waals surface area contributed by atoms with Gasteiger partial charge in [-0.25, -0.2) is 0 Å². The fourth-order valence-corrected chi connectivity index (χ4v) is 5.44. The highest BCUT2D eigenvalue weighted by molar-refractivity contribution is 5.94. The summed E-state index contributed by atoms with van der Waals surface area (Å²) in [5.41, 5.74) is 0.255. The molecule has 9 nitrogen and oxygen atoms in total. The number of nitrogens with zero attached hydrogens (tertiary/aromatic N) is 4. The molecule has 37 heavy (non-hydrogen) atoms. The van der Waals surface area contributed by atoms with Crippen LogP contribution in [-0.4, -0.2) is 57.6 Å². The fourth-order valence-electron chi connectivity index (χ4n) is 5.44. The summed E-state index contributed by atoms with van der Waals surface area (Å²) >= 11 is 0. The Bertz CT molecular complexity index is 1240. The lowest BCUT2D eigenvalue weighted by atomic mass is 9.93. The first-order valence-electron chi connectivity index (χ1n) is 12.1. The molecule has 1 saturated carbocycles. The van der Waals surface area contributed by atoms with Crippen molar-refractivity contribution in [1.82, 2.24) is 25.7 Å². The van der Waals surface area contributed by atoms with Gasteiger partial charge in [0.05, 0.1) is 12.3 Å². The van der Waals surface area contributed by atoms with Crippen molar-refractivity contribution in [3.63, 3.8) is 0 Å². The number of halogens is 3. The highest BCUT2D eigenvalue weighted by Gasteiger charge is 2.52. The number of carbonyl (C=O) groups excluding carboxylic acids is 3. The standard InChI is InChI=1S/C25H27F3N6O3/c1-13(2)19(32-24(37)25(26,27)28)23(36)34-12-15-7-5-9-17(15)21(34)22(35)31-18(10-29)20-16-8-4-3-6-14(16)11-30-33-20/h3-4,6,8,11,13,15,17-19,21H,5,7,9,12H2,1-2H3,(H,31,35)(H,32,37)/t15-,17-,18?,19?,21-/m0/s1. The average molecular weight is 517 g/mol. The van der Waals surface area contributed by atoms with Crippen molar-refractivity contribution in [3.05, 3.63) is 36.2 Å². The summed E-state index contributed by atoms with van der Waals surface area (Å²) in [6.45, 7) is 3.24. The van der Waals surface area contributed by atoms with Crippen molar-refractivity contribution in [2.45, 2.75) is 57.4 Å². The summed E-state index contributed by atoms with van der Waals surface area (Å²) in [5.74, 6) is -4.40. The maximum Gasteiger partial charge on any atom is 0.471 e. The molecule has 1 aliphatic carbocycles. The summed E-state index contributed by atoms with van der Waals surface area (Å²) in [5, 5.41) is 23.7. The molecule has 2 fully saturated rings. The van der Waals surface area contributed by atoms with Gasteiger partial charge in [-0.2, -0.15) is 28.6 Å². The van der Waals surface area contributed by atoms with E-state index in [9.17, 15) is 32.8 Å². The van der Waals surface area contributed by atoms with Crippen molar-refractivity contribution in [3.8, 4) is 6.07 Å². The third kappa shape index (κ3) is 5.21. The maximum absolute atomic E-state index is 13.6. The van der Waals surface area contributed by atoms with E-state index in [0.717, 1.165) is 18.2 Å². The molecule has 2 aromatic rings. The van der Waals surface area contributed by atoms with Gasteiger partial charge >= 0.3 is 12.1 Å². The van der Waals surface area contributed by atoms with Gasteiger partial charge in [0.25, 0.3) is 0 Å². The van der Waals surface area contributed by atoms with Gasteiger partial charge in [0.2, 0.25) is 11.8 Å². The van der Waals surface area contributed by atoms with Crippen LogP contribution in [0.2, 0.25) is 0 Å². The minimum atomic E-state index is -5.15. The van der Waals surface area contributed by atoms with Gasteiger partial charge in [-0.05, 0) is 30.6 Å². The number of carbonyl (C=O) groups is 3. The van der Waals surface area contributed by atoms with E-state index in [0.29, 0.717) is 11.8 Å². The van der Waals surface area contributed by atoms with Crippen LogP contribution in [0.25, 0.3) is 10.8 Å². The first-order valence-corrected chi connectivity index (χ1v) is 12.1. The molecule has 0 spiro atoms. The predicted octanol–water partition coefficient (Wildman–Crippen LogP) is 2.64. The monoisotopic (exact) mass is 516 g/mol. The number of fused-ring (bicyclic) bond motifs is 2. The first kappa shape index (κ1) is 26.3. The van der Waals surface area contributed by atoms with Gasteiger partial charge < -0.3 is 15.5 Å². The molecular weight excluding hydrogens is 489 g/mol. The van der Waals surface area contributed by atoms with Crippen LogP contribution >= 0.6 is 0 Å². The lowest BCUT2D eigenvalue weighted by molar-refractivity contribution is -0.175. The third-order valence-electron chi connectivity index (χ3n) is 7.21. The Hall–Kier alpha value is -3.75. The van der Waals surface area contributed by atoms with E-state index in [1.54, 1.807) is 29.6 Å². The minimum Gasteiger partial charge on any atom is -0.336 e. The largest absolute Gasteiger partial charge is 0.471 e. The molecule has 1 aromatic carbocycles. The zero-order chi connectivity index (χ0) is 26.9. The number of rotatable bonds is 6. The maximum atomic E-state index is 13.6. The molecule has 2 heterocycles. The molecule has 2 unspecified atom stereocenters. The summed E-state index contributed by atoms with van der Waals surface area (Å²) in [7, 11) is 0. The topological polar surface area (TPSA) is 128 Å². The van der Waals surface area contributed by atoms with Crippen LogP contribution in [0.15, 0.2) is 30.5 Å². The second-order valence-electron chi connectivity index (χ2n) is 9.87. The normalized spacial score (nSPS) is 22.8. The first-order chi connectivity index (χ1) is 17.5. The number of benzene rings is 1. The second kappa shape index (κ2) is 10.3. The molecule has 0 bridgehead atoms. The van der Waals surface area contributed by atoms with Crippen molar-refractivity contribution in [2.24, 2.45) is 17.8 Å². The van der Waals surface area contributed by atoms with Crippen LogP contribution in [0.1, 0.15) is 44.8 Å². The Labute approximate surface area is 211 Å². The summed E-state index contributed by atoms with van der Waals surface area (Å²) in [6.07, 6.45) is -1.31. The molecule has 4 rings (SSSR count). The van der Waals surface area contributed by atoms with Crippen LogP contribution in [0.5, 0.6) is 0 Å². The summed E-state index contributed by atoms with van der Waals surface area (Å²) < 4.78 is 38.8. The molecule has 12 heteroatoms. The van der Waals surface area contributed by atoms with E-state index in [2.05, 4.69) is 15.5 Å². The van der Waals surface area contributed by atoms with Gasteiger partial charge in [-0.15, -0.1) is 0 Å². The number of hydrogen-bond donors (Lipinski definition) is 2. The molecule has 1 aromatic heterocycles. The van der Waals surface area contributed by atoms with E-state index in [4.69, 9.17) is 0 Å². The van der Waals surface area contributed by atoms with E-state index < -0.39 is 47.9 Å². The lowest BCUT2D eigenvalue weighted by Crippen LogP contribution is -2.58. The molecule has 0 radical (unpaired) electrons. The molecule has 5 atom stereocenters. The fraction of sp³-hybridized carbons (Fsp3) is 0.520. The quantitative estimate of drug-likeness (QED) is 0.608. The van der Waals surface area contributed by atoms with E-state index >= 15 is 0 Å².